The van der Waals surface area contributed by atoms with Crippen molar-refractivity contribution in [3.05, 3.63) is 41.7 Å². The van der Waals surface area contributed by atoms with E-state index in [1.165, 1.54) is 19.3 Å². The van der Waals surface area contributed by atoms with Gasteiger partial charge in [0.25, 0.3) is 0 Å². The second-order valence-corrected chi connectivity index (χ2v) is 5.33. The Hall–Kier alpha value is -2.47. The number of hydrogen-bond acceptors (Lipinski definition) is 4. The third-order valence-corrected chi connectivity index (χ3v) is 3.57. The molecule has 2 heterocycles. The number of nitrogens with two attached hydrogens (primary N) is 1. The molecule has 1 aromatic carbocycles. The van der Waals surface area contributed by atoms with Gasteiger partial charge in [0.1, 0.15) is 28.7 Å². The Morgan fingerprint density at radius 3 is 2.82 bits per heavy atom. The molecule has 22 heavy (non-hydrogen) atoms. The maximum Gasteiger partial charge on any atom is 0.149 e. The van der Waals surface area contributed by atoms with E-state index in [1.54, 1.807) is 22.9 Å². The molecule has 0 aliphatic carbocycles. The molecular weight excluding hydrogens is 307 g/mol. The molecule has 0 radical (unpaired) electrons. The highest BCUT2D eigenvalue weighted by Crippen LogP contribution is 2.35. The Bertz CT molecular complexity index is 891. The van der Waals surface area contributed by atoms with Crippen LogP contribution in [0.4, 0.5) is 10.1 Å². The van der Waals surface area contributed by atoms with Gasteiger partial charge in [-0.25, -0.2) is 14.4 Å². The summed E-state index contributed by atoms with van der Waals surface area (Å²) in [5.41, 5.74) is 7.25. The van der Waals surface area contributed by atoms with Crippen LogP contribution in [0.5, 0.6) is 0 Å². The normalized spacial score (nSPS) is 11.0. The van der Waals surface area contributed by atoms with Crippen molar-refractivity contribution in [2.45, 2.75) is 13.5 Å². The summed E-state index contributed by atoms with van der Waals surface area (Å²) < 4.78 is 15.9. The molecule has 0 fully saturated rings. The third-order valence-electron chi connectivity index (χ3n) is 3.28. The molecule has 0 aliphatic heterocycles. The van der Waals surface area contributed by atoms with Crippen LogP contribution in [0.3, 0.4) is 0 Å². The number of nitrogens with zero attached hydrogens (tertiary/aromatic N) is 3. The van der Waals surface area contributed by atoms with Crippen molar-refractivity contribution in [1.29, 1.82) is 0 Å². The predicted octanol–water partition coefficient (Wildman–Crippen LogP) is 3.06. The molecule has 2 aromatic heterocycles. The second kappa shape index (κ2) is 5.38. The predicted molar refractivity (Wildman–Crippen MR) is 83.0 cm³/mol. The maximum absolute atomic E-state index is 14.2. The van der Waals surface area contributed by atoms with Gasteiger partial charge in [-0.15, -0.1) is 0 Å². The van der Waals surface area contributed by atoms with Crippen molar-refractivity contribution in [1.82, 2.24) is 14.5 Å². The second-order valence-electron chi connectivity index (χ2n) is 4.98. The number of rotatable bonds is 3. The largest absolute Gasteiger partial charge is 0.399 e. The van der Waals surface area contributed by atoms with E-state index in [2.05, 4.69) is 9.97 Å². The molecule has 3 rings (SSSR count). The first kappa shape index (κ1) is 14.5. The summed E-state index contributed by atoms with van der Waals surface area (Å²) in [6, 6.07) is 4.41. The lowest BCUT2D eigenvalue weighted by Gasteiger charge is -2.03. The van der Waals surface area contributed by atoms with Crippen LogP contribution in [0.1, 0.15) is 6.92 Å². The first-order valence-corrected chi connectivity index (χ1v) is 6.89. The number of carbonyl (C=O) groups excluding carboxylic acids is 1. The minimum atomic E-state index is -0.471. The zero-order valence-electron chi connectivity index (χ0n) is 11.7. The average Bonchev–Trinajstić information content (AvgIpc) is 2.78. The molecule has 7 heteroatoms. The van der Waals surface area contributed by atoms with Crippen LogP contribution in [0.2, 0.25) is 5.15 Å². The molecule has 0 atom stereocenters. The summed E-state index contributed by atoms with van der Waals surface area (Å²) in [5.74, 6) is -0.516. The molecule has 0 aliphatic rings. The van der Waals surface area contributed by atoms with Gasteiger partial charge in [-0.1, -0.05) is 11.6 Å². The van der Waals surface area contributed by atoms with Crippen LogP contribution in [0.15, 0.2) is 30.7 Å². The molecule has 112 valence electrons. The highest BCUT2D eigenvalue weighted by molar-refractivity contribution is 6.35. The Morgan fingerprint density at radius 1 is 1.36 bits per heavy atom. The molecule has 3 aromatic rings. The molecule has 0 spiro atoms. The fraction of sp³-hybridized carbons (Fsp3) is 0.133. The smallest absolute Gasteiger partial charge is 0.149 e. The number of ketones is 1. The number of carbonyl (C=O) groups is 1. The Labute approximate surface area is 130 Å². The van der Waals surface area contributed by atoms with E-state index >= 15 is 0 Å². The maximum atomic E-state index is 14.2. The third kappa shape index (κ3) is 2.42. The fourth-order valence-corrected chi connectivity index (χ4v) is 2.63. The molecule has 0 bridgehead atoms. The first-order chi connectivity index (χ1) is 10.5. The number of fused-ring (bicyclic) bond motifs is 1. The van der Waals surface area contributed by atoms with E-state index in [0.717, 1.165) is 0 Å². The summed E-state index contributed by atoms with van der Waals surface area (Å²) in [6.45, 7) is 1.60. The summed E-state index contributed by atoms with van der Waals surface area (Å²) >= 11 is 6.15. The van der Waals surface area contributed by atoms with Crippen molar-refractivity contribution in [3.63, 3.8) is 0 Å². The van der Waals surface area contributed by atoms with Crippen molar-refractivity contribution in [2.24, 2.45) is 0 Å². The lowest BCUT2D eigenvalue weighted by atomic mass is 10.1. The summed E-state index contributed by atoms with van der Waals surface area (Å²) in [6.07, 6.45) is 2.96. The molecular formula is C15H12ClFN4O. The molecule has 0 saturated heterocycles. The number of hydrogen-bond donors (Lipinski definition) is 1. The van der Waals surface area contributed by atoms with E-state index in [-0.39, 0.29) is 17.5 Å². The van der Waals surface area contributed by atoms with Crippen LogP contribution in [0.25, 0.3) is 22.2 Å². The van der Waals surface area contributed by atoms with Crippen LogP contribution in [-0.4, -0.2) is 20.3 Å². The van der Waals surface area contributed by atoms with Gasteiger partial charge in [0, 0.05) is 23.0 Å². The molecule has 5 nitrogen and oxygen atoms in total. The van der Waals surface area contributed by atoms with Gasteiger partial charge in [-0.3, -0.25) is 4.79 Å². The van der Waals surface area contributed by atoms with Gasteiger partial charge in [0.15, 0.2) is 0 Å². The van der Waals surface area contributed by atoms with E-state index in [0.29, 0.717) is 27.8 Å². The highest BCUT2D eigenvalue weighted by atomic mass is 35.5. The van der Waals surface area contributed by atoms with Gasteiger partial charge in [0.05, 0.1) is 11.9 Å². The van der Waals surface area contributed by atoms with E-state index in [4.69, 9.17) is 17.3 Å². The number of benzene rings is 1. The molecule has 2 N–H and O–H groups in total. The highest BCUT2D eigenvalue weighted by Gasteiger charge is 2.18. The van der Waals surface area contributed by atoms with Gasteiger partial charge in [0.2, 0.25) is 0 Å². The monoisotopic (exact) mass is 318 g/mol. The lowest BCUT2D eigenvalue weighted by Crippen LogP contribution is -2.05. The van der Waals surface area contributed by atoms with Crippen molar-refractivity contribution >= 4 is 34.1 Å². The van der Waals surface area contributed by atoms with Crippen LogP contribution < -0.4 is 5.73 Å². The standard InChI is InChI=1S/C15H12ClFN4O/c1-8(22)5-21-6-11(10-3-2-9(18)4-12(10)17)13-14(16)19-7-20-15(13)21/h2-4,6-7H,5,18H2,1H3. The Morgan fingerprint density at radius 2 is 2.14 bits per heavy atom. The van der Waals surface area contributed by atoms with Crippen molar-refractivity contribution < 1.29 is 9.18 Å². The topological polar surface area (TPSA) is 73.8 Å². The SMILES string of the molecule is CC(=O)Cn1cc(-c2ccc(N)cc2F)c2c(Cl)ncnc21. The number of Topliss-reactive ketones (excluding diaryl/α,β-unsaturated/α-hetero) is 1. The number of halogens is 2. The summed E-state index contributed by atoms with van der Waals surface area (Å²) in [5, 5.41) is 0.715. The van der Waals surface area contributed by atoms with E-state index in [1.807, 2.05) is 0 Å². The van der Waals surface area contributed by atoms with Gasteiger partial charge < -0.3 is 10.3 Å². The van der Waals surface area contributed by atoms with Crippen LogP contribution >= 0.6 is 11.6 Å². The van der Waals surface area contributed by atoms with Gasteiger partial charge in [-0.05, 0) is 25.1 Å². The van der Waals surface area contributed by atoms with Crippen molar-refractivity contribution in [3.8, 4) is 11.1 Å². The minimum absolute atomic E-state index is 0.0454. The first-order valence-electron chi connectivity index (χ1n) is 6.51. The fourth-order valence-electron chi connectivity index (χ4n) is 2.40. The molecule has 0 unspecified atom stereocenters. The minimum Gasteiger partial charge on any atom is -0.399 e. The summed E-state index contributed by atoms with van der Waals surface area (Å²) in [7, 11) is 0. The molecule has 0 saturated carbocycles. The van der Waals surface area contributed by atoms with Crippen molar-refractivity contribution in [2.75, 3.05) is 5.73 Å². The quantitative estimate of drug-likeness (QED) is 0.595. The number of anilines is 1. The lowest BCUT2D eigenvalue weighted by molar-refractivity contribution is -0.117. The van der Waals surface area contributed by atoms with E-state index in [9.17, 15) is 9.18 Å². The van der Waals surface area contributed by atoms with Gasteiger partial charge >= 0.3 is 0 Å². The van der Waals surface area contributed by atoms with Crippen LogP contribution in [0, 0.1) is 5.82 Å². The number of nitrogen functional groups attached to an aromatic ring is 1. The van der Waals surface area contributed by atoms with Gasteiger partial charge in [-0.2, -0.15) is 0 Å². The van der Waals surface area contributed by atoms with Crippen LogP contribution in [-0.2, 0) is 11.3 Å². The Balaban J connectivity index is 2.31. The number of aromatic nitrogens is 3. The van der Waals surface area contributed by atoms with E-state index < -0.39 is 5.82 Å². The average molecular weight is 319 g/mol. The summed E-state index contributed by atoms with van der Waals surface area (Å²) in [4.78, 5) is 19.5. The zero-order valence-corrected chi connectivity index (χ0v) is 12.4. The molecule has 0 amide bonds. The zero-order chi connectivity index (χ0) is 15.9. The Kier molecular flexibility index (Phi) is 3.54.